The van der Waals surface area contributed by atoms with Crippen molar-refractivity contribution < 1.29 is 0 Å². The van der Waals surface area contributed by atoms with Crippen molar-refractivity contribution in [2.75, 3.05) is 6.54 Å². The highest BCUT2D eigenvalue weighted by atomic mass is 15.1. The number of nitrogens with one attached hydrogen (secondary N) is 1. The second-order valence-corrected chi connectivity index (χ2v) is 5.96. The van der Waals surface area contributed by atoms with Gasteiger partial charge in [-0.2, -0.15) is 0 Å². The van der Waals surface area contributed by atoms with Crippen LogP contribution in [0.15, 0.2) is 18.2 Å². The maximum absolute atomic E-state index is 4.73. The van der Waals surface area contributed by atoms with Gasteiger partial charge in [0, 0.05) is 19.0 Å². The molecule has 3 heteroatoms. The number of aryl methyl sites for hydroxylation is 2. The summed E-state index contributed by atoms with van der Waals surface area (Å²) < 4.78 is 2.41. The molecule has 3 heterocycles. The lowest BCUT2D eigenvalue weighted by molar-refractivity contribution is 0.399. The van der Waals surface area contributed by atoms with Crippen LogP contribution in [0.2, 0.25) is 0 Å². The van der Waals surface area contributed by atoms with Crippen LogP contribution in [0.3, 0.4) is 0 Å². The molecule has 1 unspecified atom stereocenters. The first-order chi connectivity index (χ1) is 9.40. The highest BCUT2D eigenvalue weighted by Gasteiger charge is 2.17. The lowest BCUT2D eigenvalue weighted by Crippen LogP contribution is -2.35. The van der Waals surface area contributed by atoms with Crippen molar-refractivity contribution in [3.63, 3.8) is 0 Å². The zero-order valence-electron chi connectivity index (χ0n) is 11.4. The molecule has 0 spiro atoms. The Hall–Kier alpha value is -1.35. The molecule has 0 aliphatic carbocycles. The Morgan fingerprint density at radius 2 is 2.26 bits per heavy atom. The molecule has 2 aliphatic rings. The Morgan fingerprint density at radius 3 is 3.16 bits per heavy atom. The summed E-state index contributed by atoms with van der Waals surface area (Å²) in [6, 6.07) is 7.51. The fraction of sp³-hybridized carbons (Fsp3) is 0.562. The molecule has 2 aromatic rings. The van der Waals surface area contributed by atoms with E-state index in [0.717, 1.165) is 19.4 Å². The lowest BCUT2D eigenvalue weighted by Gasteiger charge is -2.23. The van der Waals surface area contributed by atoms with E-state index in [9.17, 15) is 0 Å². The fourth-order valence-corrected chi connectivity index (χ4v) is 3.56. The van der Waals surface area contributed by atoms with Crippen LogP contribution < -0.4 is 5.32 Å². The molecule has 1 aromatic heterocycles. The Balaban J connectivity index is 1.63. The van der Waals surface area contributed by atoms with E-state index in [1.807, 2.05) is 0 Å². The molecule has 1 fully saturated rings. The van der Waals surface area contributed by atoms with E-state index in [-0.39, 0.29) is 0 Å². The van der Waals surface area contributed by atoms with Crippen LogP contribution in [0.1, 0.15) is 37.1 Å². The largest absolute Gasteiger partial charge is 0.328 e. The maximum atomic E-state index is 4.73. The minimum atomic E-state index is 0.673. The van der Waals surface area contributed by atoms with E-state index < -0.39 is 0 Å². The molecule has 2 aliphatic heterocycles. The second-order valence-electron chi connectivity index (χ2n) is 5.96. The number of piperidine rings is 1. The smallest absolute Gasteiger partial charge is 0.109 e. The summed E-state index contributed by atoms with van der Waals surface area (Å²) >= 11 is 0. The lowest BCUT2D eigenvalue weighted by atomic mass is 9.97. The maximum Gasteiger partial charge on any atom is 0.109 e. The van der Waals surface area contributed by atoms with Gasteiger partial charge in [-0.15, -0.1) is 0 Å². The van der Waals surface area contributed by atoms with E-state index in [1.54, 1.807) is 0 Å². The Kier molecular flexibility index (Phi) is 2.80. The average Bonchev–Trinajstić information content (AvgIpc) is 3.01. The fourth-order valence-electron chi connectivity index (χ4n) is 3.56. The molecule has 100 valence electrons. The van der Waals surface area contributed by atoms with Gasteiger partial charge in [0.2, 0.25) is 0 Å². The van der Waals surface area contributed by atoms with Gasteiger partial charge in [-0.1, -0.05) is 12.5 Å². The predicted molar refractivity (Wildman–Crippen MR) is 77.4 cm³/mol. The van der Waals surface area contributed by atoms with Crippen LogP contribution >= 0.6 is 0 Å². The van der Waals surface area contributed by atoms with Gasteiger partial charge in [0.05, 0.1) is 11.0 Å². The van der Waals surface area contributed by atoms with Gasteiger partial charge < -0.3 is 9.88 Å². The van der Waals surface area contributed by atoms with Crippen molar-refractivity contribution in [1.82, 2.24) is 14.9 Å². The van der Waals surface area contributed by atoms with Crippen LogP contribution in [-0.2, 0) is 19.4 Å². The third-order valence-corrected chi connectivity index (χ3v) is 4.57. The van der Waals surface area contributed by atoms with E-state index in [4.69, 9.17) is 4.98 Å². The van der Waals surface area contributed by atoms with Gasteiger partial charge in [-0.25, -0.2) is 4.98 Å². The number of hydrogen-bond acceptors (Lipinski definition) is 2. The van der Waals surface area contributed by atoms with Gasteiger partial charge in [-0.3, -0.25) is 0 Å². The molecule has 1 N–H and O–H groups in total. The van der Waals surface area contributed by atoms with Gasteiger partial charge >= 0.3 is 0 Å². The van der Waals surface area contributed by atoms with E-state index in [1.165, 1.54) is 54.6 Å². The zero-order chi connectivity index (χ0) is 12.7. The summed E-state index contributed by atoms with van der Waals surface area (Å²) in [4.78, 5) is 4.73. The highest BCUT2D eigenvalue weighted by molar-refractivity contribution is 5.77. The number of nitrogens with zero attached hydrogens (tertiary/aromatic N) is 2. The zero-order valence-corrected chi connectivity index (χ0v) is 11.4. The molecule has 4 rings (SSSR count). The van der Waals surface area contributed by atoms with E-state index >= 15 is 0 Å². The van der Waals surface area contributed by atoms with Crippen molar-refractivity contribution in [3.05, 3.63) is 29.6 Å². The van der Waals surface area contributed by atoms with Crippen molar-refractivity contribution in [2.45, 2.75) is 51.1 Å². The monoisotopic (exact) mass is 255 g/mol. The number of rotatable bonds is 2. The van der Waals surface area contributed by atoms with Gasteiger partial charge in [0.1, 0.15) is 5.82 Å². The number of imidazole rings is 1. The molecular weight excluding hydrogens is 234 g/mol. The quantitative estimate of drug-likeness (QED) is 0.894. The van der Waals surface area contributed by atoms with Crippen LogP contribution in [0.5, 0.6) is 0 Å². The molecule has 1 saturated heterocycles. The first-order valence-corrected chi connectivity index (χ1v) is 7.61. The van der Waals surface area contributed by atoms with E-state index in [0.29, 0.717) is 6.04 Å². The summed E-state index contributed by atoms with van der Waals surface area (Å²) in [6.45, 7) is 2.34. The Bertz CT molecular complexity index is 593. The van der Waals surface area contributed by atoms with Crippen LogP contribution in [0.25, 0.3) is 11.0 Å². The summed E-state index contributed by atoms with van der Waals surface area (Å²) in [6.07, 6.45) is 7.60. The number of aromatic nitrogens is 2. The summed E-state index contributed by atoms with van der Waals surface area (Å²) in [5, 5.41) is 3.64. The molecule has 3 nitrogen and oxygen atoms in total. The van der Waals surface area contributed by atoms with Crippen molar-refractivity contribution in [3.8, 4) is 0 Å². The first-order valence-electron chi connectivity index (χ1n) is 7.61. The molecule has 19 heavy (non-hydrogen) atoms. The van der Waals surface area contributed by atoms with Crippen molar-refractivity contribution in [2.24, 2.45) is 0 Å². The minimum Gasteiger partial charge on any atom is -0.328 e. The normalized spacial score (nSPS) is 22.8. The molecular formula is C16H21N3. The molecule has 0 radical (unpaired) electrons. The standard InChI is InChI=1S/C16H21N3/c1-2-8-17-13(4-1)10-12-6-7-14-15(11-12)19-9-3-5-16(19)18-14/h6-7,11,13,17H,1-5,8-10H2. The number of hydrogen-bond donors (Lipinski definition) is 1. The molecule has 0 bridgehead atoms. The third kappa shape index (κ3) is 2.06. The van der Waals surface area contributed by atoms with Crippen molar-refractivity contribution in [1.29, 1.82) is 0 Å². The molecule has 1 atom stereocenters. The molecule has 0 amide bonds. The summed E-state index contributed by atoms with van der Waals surface area (Å²) in [5.74, 6) is 1.28. The van der Waals surface area contributed by atoms with Crippen LogP contribution in [0, 0.1) is 0 Å². The van der Waals surface area contributed by atoms with Crippen LogP contribution in [-0.4, -0.2) is 22.1 Å². The molecule has 0 saturated carbocycles. The van der Waals surface area contributed by atoms with Crippen molar-refractivity contribution >= 4 is 11.0 Å². The van der Waals surface area contributed by atoms with Crippen LogP contribution in [0.4, 0.5) is 0 Å². The first kappa shape index (κ1) is 11.5. The summed E-state index contributed by atoms with van der Waals surface area (Å²) in [7, 11) is 0. The van der Waals surface area contributed by atoms with E-state index in [2.05, 4.69) is 28.1 Å². The minimum absolute atomic E-state index is 0.673. The predicted octanol–water partition coefficient (Wildman–Crippen LogP) is 2.67. The summed E-state index contributed by atoms with van der Waals surface area (Å²) in [5.41, 5.74) is 3.98. The number of fused-ring (bicyclic) bond motifs is 3. The van der Waals surface area contributed by atoms with Gasteiger partial charge in [0.25, 0.3) is 0 Å². The SMILES string of the molecule is c1cc2nc3n(c2cc1CC1CCCCN1)CCC3. The topological polar surface area (TPSA) is 29.9 Å². The van der Waals surface area contributed by atoms with Gasteiger partial charge in [0.15, 0.2) is 0 Å². The third-order valence-electron chi connectivity index (χ3n) is 4.57. The average molecular weight is 255 g/mol. The Labute approximate surface area is 114 Å². The Morgan fingerprint density at radius 1 is 1.26 bits per heavy atom. The van der Waals surface area contributed by atoms with Gasteiger partial charge in [-0.05, 0) is 49.9 Å². The number of benzene rings is 1. The molecule has 1 aromatic carbocycles. The second kappa shape index (κ2) is 4.64. The highest BCUT2D eigenvalue weighted by Crippen LogP contribution is 2.24.